The van der Waals surface area contributed by atoms with Crippen LogP contribution in [0.5, 0.6) is 0 Å². The van der Waals surface area contributed by atoms with Crippen LogP contribution in [0.4, 0.5) is 5.69 Å². The summed E-state index contributed by atoms with van der Waals surface area (Å²) in [5.74, 6) is -0.522. The third kappa shape index (κ3) is 3.99. The molecule has 2 aromatic carbocycles. The summed E-state index contributed by atoms with van der Waals surface area (Å²) in [6.45, 7) is 6.33. The molecule has 8 nitrogen and oxygen atoms in total. The second-order valence-electron chi connectivity index (χ2n) is 6.59. The molecule has 0 unspecified atom stereocenters. The van der Waals surface area contributed by atoms with Crippen molar-refractivity contribution in [1.82, 2.24) is 14.1 Å². The average molecular weight is 429 g/mol. The summed E-state index contributed by atoms with van der Waals surface area (Å²) in [6, 6.07) is 12.9. The molecule has 3 aromatic rings. The van der Waals surface area contributed by atoms with E-state index in [0.29, 0.717) is 36.1 Å². The fourth-order valence-electron chi connectivity index (χ4n) is 3.25. The number of sulfonamides is 1. The first-order chi connectivity index (χ1) is 14.3. The number of nitrogens with zero attached hydrogens (tertiary/aromatic N) is 3. The van der Waals surface area contributed by atoms with Crippen LogP contribution < -0.4 is 10.9 Å². The number of nitrogens with one attached hydrogen (secondary N) is 1. The van der Waals surface area contributed by atoms with Gasteiger partial charge in [0.25, 0.3) is 11.5 Å². The van der Waals surface area contributed by atoms with Crippen molar-refractivity contribution in [3.8, 4) is 0 Å². The summed E-state index contributed by atoms with van der Waals surface area (Å²) in [6.07, 6.45) is 0. The van der Waals surface area contributed by atoms with Gasteiger partial charge < -0.3 is 5.32 Å². The number of aromatic nitrogens is 2. The normalized spacial score (nSPS) is 11.7. The number of aryl methyl sites for hydroxylation is 1. The van der Waals surface area contributed by atoms with E-state index in [0.717, 1.165) is 0 Å². The Labute approximate surface area is 175 Å². The number of anilines is 1. The van der Waals surface area contributed by atoms with Gasteiger partial charge in [0.05, 0.1) is 10.3 Å². The van der Waals surface area contributed by atoms with Crippen molar-refractivity contribution in [2.45, 2.75) is 32.2 Å². The van der Waals surface area contributed by atoms with Crippen LogP contribution in [-0.2, 0) is 16.6 Å². The fraction of sp³-hybridized carbons (Fsp3) is 0.286. The van der Waals surface area contributed by atoms with Crippen molar-refractivity contribution in [3.05, 3.63) is 64.6 Å². The van der Waals surface area contributed by atoms with E-state index in [4.69, 9.17) is 0 Å². The Morgan fingerprint density at radius 3 is 2.33 bits per heavy atom. The molecular weight excluding hydrogens is 404 g/mol. The van der Waals surface area contributed by atoms with Gasteiger partial charge in [-0.2, -0.15) is 9.40 Å². The SMILES string of the molecule is CCN(CC)S(=O)(=O)c1cccc(NC(=O)c2nn(CC)c(=O)c3ccccc23)c1. The Kier molecular flexibility index (Phi) is 6.33. The first-order valence-electron chi connectivity index (χ1n) is 9.74. The fourth-order valence-corrected chi connectivity index (χ4v) is 4.76. The first kappa shape index (κ1) is 21.7. The van der Waals surface area contributed by atoms with E-state index >= 15 is 0 Å². The maximum Gasteiger partial charge on any atom is 0.276 e. The largest absolute Gasteiger partial charge is 0.321 e. The Morgan fingerprint density at radius 1 is 1.03 bits per heavy atom. The van der Waals surface area contributed by atoms with E-state index in [-0.39, 0.29) is 16.1 Å². The molecule has 0 saturated carbocycles. The number of fused-ring (bicyclic) bond motifs is 1. The topological polar surface area (TPSA) is 101 Å². The number of hydrogen-bond donors (Lipinski definition) is 1. The standard InChI is InChI=1S/C21H24N4O4S/c1-4-24(5-2)30(28,29)16-11-9-10-15(14-16)22-20(26)19-17-12-7-8-13-18(17)21(27)25(6-3)23-19/h7-14H,4-6H2,1-3H3,(H,22,26). The molecule has 0 radical (unpaired) electrons. The van der Waals surface area contributed by atoms with Crippen LogP contribution in [0.15, 0.2) is 58.2 Å². The lowest BCUT2D eigenvalue weighted by molar-refractivity contribution is 0.102. The van der Waals surface area contributed by atoms with Crippen molar-refractivity contribution in [2.24, 2.45) is 0 Å². The molecule has 0 spiro atoms. The zero-order chi connectivity index (χ0) is 21.9. The molecule has 9 heteroatoms. The predicted octanol–water partition coefficient (Wildman–Crippen LogP) is 2.70. The number of carbonyl (C=O) groups excluding carboxylic acids is 1. The van der Waals surface area contributed by atoms with Crippen LogP contribution >= 0.6 is 0 Å². The van der Waals surface area contributed by atoms with E-state index in [2.05, 4.69) is 10.4 Å². The zero-order valence-electron chi connectivity index (χ0n) is 17.1. The van der Waals surface area contributed by atoms with Gasteiger partial charge in [0.15, 0.2) is 5.69 Å². The predicted molar refractivity (Wildman–Crippen MR) is 116 cm³/mol. The lowest BCUT2D eigenvalue weighted by atomic mass is 10.1. The van der Waals surface area contributed by atoms with Gasteiger partial charge in [-0.25, -0.2) is 13.1 Å². The van der Waals surface area contributed by atoms with Gasteiger partial charge in [0.2, 0.25) is 10.0 Å². The van der Waals surface area contributed by atoms with Gasteiger partial charge in [0.1, 0.15) is 0 Å². The molecular formula is C21H24N4O4S. The summed E-state index contributed by atoms with van der Waals surface area (Å²) < 4.78 is 28.1. The van der Waals surface area contributed by atoms with E-state index in [9.17, 15) is 18.0 Å². The summed E-state index contributed by atoms with van der Waals surface area (Å²) >= 11 is 0. The molecule has 3 rings (SSSR count). The summed E-state index contributed by atoms with van der Waals surface area (Å²) in [7, 11) is -3.65. The Hall–Kier alpha value is -3.04. The smallest absolute Gasteiger partial charge is 0.276 e. The van der Waals surface area contributed by atoms with Crippen LogP contribution in [-0.4, -0.2) is 41.5 Å². The molecule has 1 amide bonds. The quantitative estimate of drug-likeness (QED) is 0.623. The van der Waals surface area contributed by atoms with Gasteiger partial charge in [-0.05, 0) is 31.2 Å². The molecule has 158 valence electrons. The van der Waals surface area contributed by atoms with Crippen LogP contribution in [0.3, 0.4) is 0 Å². The third-order valence-corrected chi connectivity index (χ3v) is 6.86. The average Bonchev–Trinajstić information content (AvgIpc) is 2.75. The zero-order valence-corrected chi connectivity index (χ0v) is 17.9. The lowest BCUT2D eigenvalue weighted by Gasteiger charge is -2.19. The lowest BCUT2D eigenvalue weighted by Crippen LogP contribution is -2.30. The second-order valence-corrected chi connectivity index (χ2v) is 8.52. The van der Waals surface area contributed by atoms with Crippen LogP contribution in [0, 0.1) is 0 Å². The highest BCUT2D eigenvalue weighted by Gasteiger charge is 2.22. The van der Waals surface area contributed by atoms with Crippen LogP contribution in [0.1, 0.15) is 31.3 Å². The molecule has 1 aromatic heterocycles. The van der Waals surface area contributed by atoms with E-state index in [1.165, 1.54) is 21.1 Å². The minimum atomic E-state index is -3.65. The van der Waals surface area contributed by atoms with E-state index in [1.54, 1.807) is 57.2 Å². The van der Waals surface area contributed by atoms with Crippen molar-refractivity contribution in [3.63, 3.8) is 0 Å². The molecule has 0 aliphatic rings. The molecule has 0 aliphatic heterocycles. The molecule has 1 heterocycles. The van der Waals surface area contributed by atoms with Gasteiger partial charge >= 0.3 is 0 Å². The highest BCUT2D eigenvalue weighted by molar-refractivity contribution is 7.89. The molecule has 30 heavy (non-hydrogen) atoms. The maximum atomic E-state index is 13.0. The first-order valence-corrected chi connectivity index (χ1v) is 11.2. The van der Waals surface area contributed by atoms with Crippen LogP contribution in [0.25, 0.3) is 10.8 Å². The number of rotatable bonds is 7. The minimum absolute atomic E-state index is 0.0975. The van der Waals surface area contributed by atoms with Crippen molar-refractivity contribution < 1.29 is 13.2 Å². The van der Waals surface area contributed by atoms with Gasteiger partial charge in [-0.15, -0.1) is 0 Å². The summed E-state index contributed by atoms with van der Waals surface area (Å²) in [4.78, 5) is 25.5. The maximum absolute atomic E-state index is 13.0. The number of hydrogen-bond acceptors (Lipinski definition) is 5. The molecule has 1 N–H and O–H groups in total. The molecule has 0 fully saturated rings. The second kappa shape index (κ2) is 8.76. The monoisotopic (exact) mass is 428 g/mol. The van der Waals surface area contributed by atoms with Gasteiger partial charge in [-0.1, -0.05) is 38.1 Å². The van der Waals surface area contributed by atoms with Crippen molar-refractivity contribution >= 4 is 32.4 Å². The molecule has 0 bridgehead atoms. The van der Waals surface area contributed by atoms with Crippen molar-refractivity contribution in [1.29, 1.82) is 0 Å². The Morgan fingerprint density at radius 2 is 1.70 bits per heavy atom. The molecule has 0 saturated heterocycles. The van der Waals surface area contributed by atoms with Gasteiger partial charge in [0, 0.05) is 30.7 Å². The van der Waals surface area contributed by atoms with Crippen LogP contribution in [0.2, 0.25) is 0 Å². The summed E-state index contributed by atoms with van der Waals surface area (Å²) in [5.41, 5.74) is 0.161. The third-order valence-electron chi connectivity index (χ3n) is 4.82. The van der Waals surface area contributed by atoms with Crippen molar-refractivity contribution in [2.75, 3.05) is 18.4 Å². The highest BCUT2D eigenvalue weighted by atomic mass is 32.2. The molecule has 0 aliphatic carbocycles. The number of carbonyl (C=O) groups is 1. The summed E-state index contributed by atoms with van der Waals surface area (Å²) in [5, 5.41) is 7.76. The van der Waals surface area contributed by atoms with E-state index < -0.39 is 15.9 Å². The number of amides is 1. The Balaban J connectivity index is 2.00. The minimum Gasteiger partial charge on any atom is -0.321 e. The number of benzene rings is 2. The highest BCUT2D eigenvalue weighted by Crippen LogP contribution is 2.21. The Bertz CT molecular complexity index is 1250. The molecule has 0 atom stereocenters. The van der Waals surface area contributed by atoms with E-state index in [1.807, 2.05) is 0 Å². The van der Waals surface area contributed by atoms with Gasteiger partial charge in [-0.3, -0.25) is 9.59 Å².